The summed E-state index contributed by atoms with van der Waals surface area (Å²) in [6.07, 6.45) is 2.84. The standard InChI is InChI=1S/C26H17Cl2F2N7/c1-37-26(33-13-34-37)24(14-2-4-16(29)5-3-14)36-18-8-19-23(35-17-6-7-22(30)20(27)9-17)15(11-31)12-32-25(19)21(28)10-18/h2-10,12-13,24,36H,1H3,(H,32,35). The normalized spacial score (nSPS) is 11.8. The lowest BCUT2D eigenvalue weighted by molar-refractivity contribution is 0.625. The highest BCUT2D eigenvalue weighted by atomic mass is 35.5. The van der Waals surface area contributed by atoms with Gasteiger partial charge in [-0.1, -0.05) is 35.3 Å². The predicted molar refractivity (Wildman–Crippen MR) is 139 cm³/mol. The molecule has 0 saturated heterocycles. The fourth-order valence-electron chi connectivity index (χ4n) is 3.97. The van der Waals surface area contributed by atoms with Gasteiger partial charge in [-0.3, -0.25) is 9.67 Å². The van der Waals surface area contributed by atoms with E-state index in [0.29, 0.717) is 38.8 Å². The lowest BCUT2D eigenvalue weighted by Crippen LogP contribution is -2.17. The first-order valence-corrected chi connectivity index (χ1v) is 11.7. The van der Waals surface area contributed by atoms with Gasteiger partial charge >= 0.3 is 0 Å². The Bertz CT molecular complexity index is 1660. The monoisotopic (exact) mass is 535 g/mol. The molecular weight excluding hydrogens is 519 g/mol. The summed E-state index contributed by atoms with van der Waals surface area (Å²) in [5.41, 5.74) is 2.96. The van der Waals surface area contributed by atoms with Gasteiger partial charge in [0.1, 0.15) is 30.1 Å². The van der Waals surface area contributed by atoms with E-state index in [-0.39, 0.29) is 16.4 Å². The van der Waals surface area contributed by atoms with Gasteiger partial charge in [-0.15, -0.1) is 0 Å². The van der Waals surface area contributed by atoms with Crippen molar-refractivity contribution < 1.29 is 8.78 Å². The van der Waals surface area contributed by atoms with Crippen LogP contribution in [-0.2, 0) is 7.05 Å². The third-order valence-corrected chi connectivity index (χ3v) is 6.33. The van der Waals surface area contributed by atoms with Crippen molar-refractivity contribution >= 4 is 51.2 Å². The van der Waals surface area contributed by atoms with Crippen LogP contribution in [0, 0.1) is 23.0 Å². The van der Waals surface area contributed by atoms with E-state index < -0.39 is 11.9 Å². The zero-order chi connectivity index (χ0) is 26.1. The van der Waals surface area contributed by atoms with Gasteiger partial charge in [0.05, 0.1) is 26.8 Å². The number of aryl methyl sites for hydroxylation is 1. The van der Waals surface area contributed by atoms with Crippen molar-refractivity contribution in [3.63, 3.8) is 0 Å². The molecule has 0 fully saturated rings. The lowest BCUT2D eigenvalue weighted by Gasteiger charge is -2.21. The van der Waals surface area contributed by atoms with Crippen LogP contribution in [0.15, 0.2) is 67.1 Å². The summed E-state index contributed by atoms with van der Waals surface area (Å²) in [4.78, 5) is 8.72. The second-order valence-electron chi connectivity index (χ2n) is 8.14. The summed E-state index contributed by atoms with van der Waals surface area (Å²) in [6, 6.07) is 15.3. The third-order valence-electron chi connectivity index (χ3n) is 5.75. The molecule has 184 valence electrons. The molecule has 37 heavy (non-hydrogen) atoms. The summed E-state index contributed by atoms with van der Waals surface area (Å²) in [5, 5.41) is 21.3. The van der Waals surface area contributed by atoms with E-state index in [9.17, 15) is 14.0 Å². The number of halogens is 4. The van der Waals surface area contributed by atoms with Crippen LogP contribution >= 0.6 is 23.2 Å². The van der Waals surface area contributed by atoms with E-state index in [2.05, 4.69) is 31.8 Å². The van der Waals surface area contributed by atoms with E-state index >= 15 is 0 Å². The van der Waals surface area contributed by atoms with Crippen molar-refractivity contribution in [3.05, 3.63) is 106 Å². The highest BCUT2D eigenvalue weighted by Gasteiger charge is 2.21. The second kappa shape index (κ2) is 10.0. The average Bonchev–Trinajstić information content (AvgIpc) is 3.31. The van der Waals surface area contributed by atoms with E-state index in [0.717, 1.165) is 5.56 Å². The number of nitrogens with zero attached hydrogens (tertiary/aromatic N) is 5. The largest absolute Gasteiger partial charge is 0.371 e. The Morgan fingerprint density at radius 2 is 1.73 bits per heavy atom. The van der Waals surface area contributed by atoms with Crippen LogP contribution in [0.3, 0.4) is 0 Å². The van der Waals surface area contributed by atoms with Crippen molar-refractivity contribution in [1.29, 1.82) is 5.26 Å². The number of nitriles is 1. The van der Waals surface area contributed by atoms with Gasteiger partial charge in [-0.05, 0) is 48.0 Å². The highest BCUT2D eigenvalue weighted by molar-refractivity contribution is 6.36. The molecule has 5 rings (SSSR count). The first-order chi connectivity index (χ1) is 17.8. The minimum absolute atomic E-state index is 0.0620. The van der Waals surface area contributed by atoms with Crippen molar-refractivity contribution in [1.82, 2.24) is 19.7 Å². The molecule has 3 aromatic carbocycles. The predicted octanol–water partition coefficient (Wildman–Crippen LogP) is 6.77. The van der Waals surface area contributed by atoms with Crippen molar-refractivity contribution in [3.8, 4) is 6.07 Å². The highest BCUT2D eigenvalue weighted by Crippen LogP contribution is 2.37. The van der Waals surface area contributed by atoms with Gasteiger partial charge in [0, 0.05) is 30.0 Å². The number of rotatable bonds is 6. The number of hydrogen-bond acceptors (Lipinski definition) is 6. The summed E-state index contributed by atoms with van der Waals surface area (Å²) in [7, 11) is 1.76. The maximum Gasteiger partial charge on any atom is 0.153 e. The molecule has 2 N–H and O–H groups in total. The molecule has 0 aliphatic heterocycles. The maximum absolute atomic E-state index is 13.7. The minimum atomic E-state index is -0.558. The van der Waals surface area contributed by atoms with Crippen LogP contribution in [0.4, 0.5) is 25.8 Å². The van der Waals surface area contributed by atoms with E-state index in [1.807, 2.05) is 0 Å². The van der Waals surface area contributed by atoms with Crippen LogP contribution in [0.25, 0.3) is 10.9 Å². The minimum Gasteiger partial charge on any atom is -0.371 e. The van der Waals surface area contributed by atoms with Gasteiger partial charge in [0.15, 0.2) is 5.82 Å². The first-order valence-electron chi connectivity index (χ1n) is 10.9. The number of fused-ring (bicyclic) bond motifs is 1. The summed E-state index contributed by atoms with van der Waals surface area (Å²) in [6.45, 7) is 0. The number of anilines is 3. The molecule has 0 amide bonds. The van der Waals surface area contributed by atoms with Crippen molar-refractivity contribution in [2.75, 3.05) is 10.6 Å². The number of pyridine rings is 1. The third kappa shape index (κ3) is 4.89. The smallest absolute Gasteiger partial charge is 0.153 e. The van der Waals surface area contributed by atoms with Gasteiger partial charge < -0.3 is 10.6 Å². The van der Waals surface area contributed by atoms with Crippen LogP contribution in [0.2, 0.25) is 10.0 Å². The zero-order valence-electron chi connectivity index (χ0n) is 19.2. The van der Waals surface area contributed by atoms with Gasteiger partial charge in [0.2, 0.25) is 0 Å². The van der Waals surface area contributed by atoms with Gasteiger partial charge in [0.25, 0.3) is 0 Å². The Labute approximate surface area is 220 Å². The Balaban J connectivity index is 1.62. The van der Waals surface area contributed by atoms with Crippen LogP contribution < -0.4 is 10.6 Å². The summed E-state index contributed by atoms with van der Waals surface area (Å²) >= 11 is 12.6. The molecule has 0 aliphatic carbocycles. The molecule has 1 unspecified atom stereocenters. The molecule has 5 aromatic rings. The first kappa shape index (κ1) is 24.4. The molecule has 2 aromatic heterocycles. The molecule has 0 bridgehead atoms. The maximum atomic E-state index is 13.7. The molecule has 2 heterocycles. The fraction of sp³-hybridized carbons (Fsp3) is 0.0769. The van der Waals surface area contributed by atoms with Gasteiger partial charge in [-0.25, -0.2) is 13.8 Å². The molecular formula is C26H17Cl2F2N7. The SMILES string of the molecule is Cn1ncnc1C(Nc1cc(Cl)c2ncc(C#N)c(Nc3ccc(F)c(Cl)c3)c2c1)c1ccc(F)cc1. The molecule has 0 saturated carbocycles. The average molecular weight is 536 g/mol. The quantitative estimate of drug-likeness (QED) is 0.249. The van der Waals surface area contributed by atoms with Crippen LogP contribution in [0.5, 0.6) is 0 Å². The Hall–Kier alpha value is -4.26. The number of benzene rings is 3. The Morgan fingerprint density at radius 3 is 2.41 bits per heavy atom. The van der Waals surface area contributed by atoms with Crippen LogP contribution in [-0.4, -0.2) is 19.7 Å². The zero-order valence-corrected chi connectivity index (χ0v) is 20.7. The fourth-order valence-corrected chi connectivity index (χ4v) is 4.41. The molecule has 0 spiro atoms. The lowest BCUT2D eigenvalue weighted by atomic mass is 10.0. The van der Waals surface area contributed by atoms with Gasteiger partial charge in [-0.2, -0.15) is 10.4 Å². The van der Waals surface area contributed by atoms with Crippen LogP contribution in [0.1, 0.15) is 23.0 Å². The molecule has 11 heteroatoms. The Morgan fingerprint density at radius 1 is 0.973 bits per heavy atom. The van der Waals surface area contributed by atoms with E-state index in [4.69, 9.17) is 23.2 Å². The number of aromatic nitrogens is 4. The number of nitrogens with one attached hydrogen (secondary N) is 2. The molecule has 0 aliphatic rings. The van der Waals surface area contributed by atoms with Crippen molar-refractivity contribution in [2.45, 2.75) is 6.04 Å². The van der Waals surface area contributed by atoms with Crippen molar-refractivity contribution in [2.24, 2.45) is 7.05 Å². The van der Waals surface area contributed by atoms with E-state index in [1.165, 1.54) is 42.9 Å². The number of hydrogen-bond donors (Lipinski definition) is 2. The summed E-state index contributed by atoms with van der Waals surface area (Å²) < 4.78 is 28.9. The molecule has 0 radical (unpaired) electrons. The summed E-state index contributed by atoms with van der Waals surface area (Å²) in [5.74, 6) is -0.329. The Kier molecular flexibility index (Phi) is 6.61. The molecule has 1 atom stereocenters. The molecule has 7 nitrogen and oxygen atoms in total. The second-order valence-corrected chi connectivity index (χ2v) is 8.95. The van der Waals surface area contributed by atoms with E-state index in [1.54, 1.807) is 36.0 Å². The topological polar surface area (TPSA) is 91.5 Å².